The molecule has 0 aromatic heterocycles. The molecule has 1 aliphatic rings. The number of non-ortho nitro benzene ring substituents is 1. The standard InChI is InChI=1S/C21H26N4O5/c1-3-10-30-18-9-8-15(12-19(18)29-4-2)21(26)22-20-13-17(23-24-20)14-6-5-7-16(11-14)25(27)28/h5-9,11-12,17,20,23-24H,3-4,10,13H2,1-2H3,(H,22,26). The van der Waals surface area contributed by atoms with Gasteiger partial charge in [0, 0.05) is 30.2 Å². The van der Waals surface area contributed by atoms with Crippen molar-refractivity contribution in [2.24, 2.45) is 0 Å². The molecule has 0 saturated carbocycles. The summed E-state index contributed by atoms with van der Waals surface area (Å²) in [5.74, 6) is 0.893. The van der Waals surface area contributed by atoms with Gasteiger partial charge in [0.15, 0.2) is 11.5 Å². The third-order valence-electron chi connectivity index (χ3n) is 4.66. The SMILES string of the molecule is CCCOc1ccc(C(=O)NC2CC(c3cccc([N+](=O)[O-])c3)NN2)cc1OCC. The van der Waals surface area contributed by atoms with Crippen molar-refractivity contribution in [1.82, 2.24) is 16.2 Å². The smallest absolute Gasteiger partial charge is 0.269 e. The van der Waals surface area contributed by atoms with Gasteiger partial charge in [-0.25, -0.2) is 10.9 Å². The van der Waals surface area contributed by atoms with Crippen LogP contribution in [0.4, 0.5) is 5.69 Å². The monoisotopic (exact) mass is 414 g/mol. The van der Waals surface area contributed by atoms with Crippen molar-refractivity contribution in [2.45, 2.75) is 38.9 Å². The van der Waals surface area contributed by atoms with E-state index in [-0.39, 0.29) is 23.8 Å². The Hall–Kier alpha value is -3.17. The van der Waals surface area contributed by atoms with Crippen molar-refractivity contribution in [3.05, 3.63) is 63.7 Å². The van der Waals surface area contributed by atoms with E-state index in [0.717, 1.165) is 12.0 Å². The Bertz CT molecular complexity index is 905. The number of ether oxygens (including phenoxy) is 2. The van der Waals surface area contributed by atoms with Gasteiger partial charge in [-0.3, -0.25) is 14.9 Å². The summed E-state index contributed by atoms with van der Waals surface area (Å²) in [6.07, 6.45) is 1.09. The first-order chi connectivity index (χ1) is 14.5. The molecular weight excluding hydrogens is 388 g/mol. The molecule has 1 aliphatic heterocycles. The third kappa shape index (κ3) is 5.25. The molecule has 9 nitrogen and oxygen atoms in total. The molecule has 0 radical (unpaired) electrons. The zero-order chi connectivity index (χ0) is 21.5. The van der Waals surface area contributed by atoms with Gasteiger partial charge in [0.1, 0.15) is 0 Å². The second-order valence-electron chi connectivity index (χ2n) is 6.90. The maximum Gasteiger partial charge on any atom is 0.269 e. The lowest BCUT2D eigenvalue weighted by Gasteiger charge is -2.15. The van der Waals surface area contributed by atoms with Gasteiger partial charge < -0.3 is 14.8 Å². The molecule has 0 bridgehead atoms. The lowest BCUT2D eigenvalue weighted by Crippen LogP contribution is -2.44. The van der Waals surface area contributed by atoms with Crippen molar-refractivity contribution in [1.29, 1.82) is 0 Å². The molecule has 2 aromatic rings. The molecule has 2 atom stereocenters. The summed E-state index contributed by atoms with van der Waals surface area (Å²) in [5, 5.41) is 13.9. The Morgan fingerprint density at radius 1 is 1.17 bits per heavy atom. The number of hydrazine groups is 1. The zero-order valence-corrected chi connectivity index (χ0v) is 17.0. The Morgan fingerprint density at radius 2 is 2.00 bits per heavy atom. The largest absolute Gasteiger partial charge is 0.490 e. The van der Waals surface area contributed by atoms with Gasteiger partial charge in [-0.05, 0) is 37.1 Å². The van der Waals surface area contributed by atoms with Crippen molar-refractivity contribution in [2.75, 3.05) is 13.2 Å². The minimum Gasteiger partial charge on any atom is -0.490 e. The molecule has 30 heavy (non-hydrogen) atoms. The van der Waals surface area contributed by atoms with E-state index < -0.39 is 4.92 Å². The Kier molecular flexibility index (Phi) is 7.21. The first-order valence-electron chi connectivity index (χ1n) is 9.97. The van der Waals surface area contributed by atoms with Crippen molar-refractivity contribution in [3.63, 3.8) is 0 Å². The van der Waals surface area contributed by atoms with Gasteiger partial charge in [0.05, 0.1) is 24.3 Å². The molecule has 2 aromatic carbocycles. The quantitative estimate of drug-likeness (QED) is 0.427. The van der Waals surface area contributed by atoms with E-state index in [4.69, 9.17) is 9.47 Å². The van der Waals surface area contributed by atoms with Crippen molar-refractivity contribution < 1.29 is 19.2 Å². The van der Waals surface area contributed by atoms with E-state index in [1.807, 2.05) is 19.9 Å². The Labute approximate surface area is 174 Å². The fraction of sp³-hybridized carbons (Fsp3) is 0.381. The maximum atomic E-state index is 12.7. The third-order valence-corrected chi connectivity index (χ3v) is 4.66. The van der Waals surface area contributed by atoms with E-state index >= 15 is 0 Å². The number of nitrogens with one attached hydrogen (secondary N) is 3. The molecule has 1 heterocycles. The summed E-state index contributed by atoms with van der Waals surface area (Å²) in [7, 11) is 0. The summed E-state index contributed by atoms with van der Waals surface area (Å²) in [6.45, 7) is 4.93. The highest BCUT2D eigenvalue weighted by molar-refractivity contribution is 5.95. The molecule has 1 amide bonds. The van der Waals surface area contributed by atoms with Gasteiger partial charge in [-0.2, -0.15) is 0 Å². The molecule has 9 heteroatoms. The number of nitrogens with zero attached hydrogens (tertiary/aromatic N) is 1. The van der Waals surface area contributed by atoms with Crippen LogP contribution in [0.2, 0.25) is 0 Å². The minimum absolute atomic E-state index is 0.0376. The van der Waals surface area contributed by atoms with Crippen LogP contribution in [0.3, 0.4) is 0 Å². The molecule has 160 valence electrons. The zero-order valence-electron chi connectivity index (χ0n) is 17.0. The number of amides is 1. The van der Waals surface area contributed by atoms with Crippen LogP contribution in [-0.2, 0) is 0 Å². The van der Waals surface area contributed by atoms with Gasteiger partial charge in [0.25, 0.3) is 11.6 Å². The van der Waals surface area contributed by atoms with E-state index in [1.54, 1.807) is 24.3 Å². The Balaban J connectivity index is 1.64. The molecular formula is C21H26N4O5. The van der Waals surface area contributed by atoms with E-state index in [9.17, 15) is 14.9 Å². The Morgan fingerprint density at radius 3 is 2.73 bits per heavy atom. The van der Waals surface area contributed by atoms with Crippen molar-refractivity contribution in [3.8, 4) is 11.5 Å². The average Bonchev–Trinajstić information content (AvgIpc) is 3.21. The van der Waals surface area contributed by atoms with E-state index in [1.165, 1.54) is 12.1 Å². The van der Waals surface area contributed by atoms with Crippen LogP contribution in [0, 0.1) is 10.1 Å². The number of carbonyl (C=O) groups excluding carboxylic acids is 1. The number of nitro groups is 1. The van der Waals surface area contributed by atoms with E-state index in [2.05, 4.69) is 16.2 Å². The molecule has 1 fully saturated rings. The molecule has 3 N–H and O–H groups in total. The fourth-order valence-electron chi connectivity index (χ4n) is 3.21. The first kappa shape index (κ1) is 21.5. The highest BCUT2D eigenvalue weighted by atomic mass is 16.6. The normalized spacial score (nSPS) is 18.1. The fourth-order valence-corrected chi connectivity index (χ4v) is 3.21. The van der Waals surface area contributed by atoms with Crippen LogP contribution >= 0.6 is 0 Å². The average molecular weight is 414 g/mol. The molecule has 0 spiro atoms. The first-order valence-corrected chi connectivity index (χ1v) is 9.97. The van der Waals surface area contributed by atoms with Crippen LogP contribution < -0.4 is 25.6 Å². The summed E-state index contributed by atoms with van der Waals surface area (Å²) in [6, 6.07) is 11.4. The number of carbonyl (C=O) groups is 1. The number of benzene rings is 2. The summed E-state index contributed by atoms with van der Waals surface area (Å²) in [4.78, 5) is 23.3. The summed E-state index contributed by atoms with van der Waals surface area (Å²) < 4.78 is 11.3. The van der Waals surface area contributed by atoms with Gasteiger partial charge in [-0.1, -0.05) is 19.1 Å². The lowest BCUT2D eigenvalue weighted by atomic mass is 10.0. The van der Waals surface area contributed by atoms with Crippen LogP contribution in [0.5, 0.6) is 11.5 Å². The molecule has 3 rings (SSSR count). The second kappa shape index (κ2) is 10.0. The van der Waals surface area contributed by atoms with Crippen LogP contribution in [-0.4, -0.2) is 30.2 Å². The van der Waals surface area contributed by atoms with Crippen LogP contribution in [0.25, 0.3) is 0 Å². The van der Waals surface area contributed by atoms with Gasteiger partial charge in [0.2, 0.25) is 0 Å². The van der Waals surface area contributed by atoms with Gasteiger partial charge in [-0.15, -0.1) is 0 Å². The van der Waals surface area contributed by atoms with Crippen LogP contribution in [0.1, 0.15) is 48.7 Å². The number of rotatable bonds is 9. The number of nitro benzene ring substituents is 1. The van der Waals surface area contributed by atoms with E-state index in [0.29, 0.717) is 36.7 Å². The maximum absolute atomic E-state index is 12.7. The predicted molar refractivity (Wildman–Crippen MR) is 111 cm³/mol. The van der Waals surface area contributed by atoms with Crippen LogP contribution in [0.15, 0.2) is 42.5 Å². The number of hydrogen-bond donors (Lipinski definition) is 3. The molecule has 2 unspecified atom stereocenters. The topological polar surface area (TPSA) is 115 Å². The van der Waals surface area contributed by atoms with Crippen molar-refractivity contribution >= 4 is 11.6 Å². The molecule has 1 saturated heterocycles. The summed E-state index contributed by atoms with van der Waals surface area (Å²) in [5.41, 5.74) is 7.38. The van der Waals surface area contributed by atoms with Gasteiger partial charge >= 0.3 is 0 Å². The number of hydrogen-bond acceptors (Lipinski definition) is 7. The minimum atomic E-state index is -0.422. The second-order valence-corrected chi connectivity index (χ2v) is 6.90. The highest BCUT2D eigenvalue weighted by Crippen LogP contribution is 2.29. The molecule has 0 aliphatic carbocycles. The predicted octanol–water partition coefficient (Wildman–Crippen LogP) is 3.08. The highest BCUT2D eigenvalue weighted by Gasteiger charge is 2.27. The summed E-state index contributed by atoms with van der Waals surface area (Å²) >= 11 is 0. The lowest BCUT2D eigenvalue weighted by molar-refractivity contribution is -0.384.